The average Bonchev–Trinajstić information content (AvgIpc) is 2.53. The van der Waals surface area contributed by atoms with Gasteiger partial charge < -0.3 is 10.6 Å². The van der Waals surface area contributed by atoms with Crippen LogP contribution in [0, 0.1) is 17.0 Å². The van der Waals surface area contributed by atoms with Crippen LogP contribution in [0.3, 0.4) is 0 Å². The summed E-state index contributed by atoms with van der Waals surface area (Å²) in [5.41, 5.74) is 0.654. The maximum atomic E-state index is 12.0. The van der Waals surface area contributed by atoms with Gasteiger partial charge in [0.15, 0.2) is 0 Å². The van der Waals surface area contributed by atoms with E-state index in [0.717, 1.165) is 19.3 Å². The molecule has 0 aromatic heterocycles. The molecule has 0 saturated carbocycles. The van der Waals surface area contributed by atoms with Crippen molar-refractivity contribution < 1.29 is 14.5 Å². The molecule has 23 heavy (non-hydrogen) atoms. The van der Waals surface area contributed by atoms with Crippen LogP contribution in [0.5, 0.6) is 0 Å². The second-order valence-electron chi connectivity index (χ2n) is 5.47. The van der Waals surface area contributed by atoms with Gasteiger partial charge in [-0.2, -0.15) is 0 Å². The fourth-order valence-electron chi connectivity index (χ4n) is 2.45. The van der Waals surface area contributed by atoms with E-state index in [9.17, 15) is 19.7 Å². The van der Waals surface area contributed by atoms with Crippen LogP contribution < -0.4 is 10.6 Å². The predicted octanol–water partition coefficient (Wildman–Crippen LogP) is 1.86. The number of carbonyl (C=O) groups is 2. The number of rotatable bonds is 5. The molecule has 0 fully saturated rings. The first-order valence-electron chi connectivity index (χ1n) is 7.46. The molecule has 122 valence electrons. The molecule has 1 aromatic carbocycles. The zero-order chi connectivity index (χ0) is 16.8. The smallest absolute Gasteiger partial charge is 0.272 e. The van der Waals surface area contributed by atoms with Gasteiger partial charge in [-0.05, 0) is 38.3 Å². The molecule has 7 heteroatoms. The van der Waals surface area contributed by atoms with Gasteiger partial charge >= 0.3 is 0 Å². The second-order valence-corrected chi connectivity index (χ2v) is 5.47. The van der Waals surface area contributed by atoms with Gasteiger partial charge in [0.1, 0.15) is 0 Å². The van der Waals surface area contributed by atoms with Crippen molar-refractivity contribution in [3.05, 3.63) is 51.6 Å². The maximum absolute atomic E-state index is 12.0. The fraction of sp³-hybridized carbons (Fsp3) is 0.375. The molecule has 7 nitrogen and oxygen atoms in total. The SMILES string of the molecule is Cc1cc(C(=O)NCC(=O)N[C@H]2C=CCCC2)ccc1[N+](=O)[O-]. The molecule has 2 rings (SSSR count). The number of nitrogens with zero attached hydrogens (tertiary/aromatic N) is 1. The van der Waals surface area contributed by atoms with Crippen LogP contribution in [0.1, 0.15) is 35.2 Å². The summed E-state index contributed by atoms with van der Waals surface area (Å²) in [5.74, 6) is -0.689. The lowest BCUT2D eigenvalue weighted by molar-refractivity contribution is -0.385. The summed E-state index contributed by atoms with van der Waals surface area (Å²) in [6.07, 6.45) is 6.96. The van der Waals surface area contributed by atoms with Crippen molar-refractivity contribution in [3.8, 4) is 0 Å². The summed E-state index contributed by atoms with van der Waals surface area (Å²) in [7, 11) is 0. The highest BCUT2D eigenvalue weighted by molar-refractivity contribution is 5.96. The van der Waals surface area contributed by atoms with E-state index in [1.165, 1.54) is 18.2 Å². The van der Waals surface area contributed by atoms with E-state index in [1.807, 2.05) is 12.2 Å². The zero-order valence-electron chi connectivity index (χ0n) is 12.9. The first-order chi connectivity index (χ1) is 11.0. The molecular formula is C16H19N3O4. The van der Waals surface area contributed by atoms with Crippen molar-refractivity contribution in [2.24, 2.45) is 0 Å². The van der Waals surface area contributed by atoms with Crippen LogP contribution in [0.4, 0.5) is 5.69 Å². The van der Waals surface area contributed by atoms with E-state index in [-0.39, 0.29) is 24.2 Å². The van der Waals surface area contributed by atoms with Crippen molar-refractivity contribution in [2.75, 3.05) is 6.54 Å². The van der Waals surface area contributed by atoms with Crippen LogP contribution in [0.25, 0.3) is 0 Å². The molecule has 0 heterocycles. The number of aryl methyl sites for hydroxylation is 1. The zero-order valence-corrected chi connectivity index (χ0v) is 12.9. The van der Waals surface area contributed by atoms with Gasteiger partial charge in [0.2, 0.25) is 5.91 Å². The normalized spacial score (nSPS) is 16.7. The van der Waals surface area contributed by atoms with Gasteiger partial charge in [-0.3, -0.25) is 19.7 Å². The Bertz CT molecular complexity index is 655. The monoisotopic (exact) mass is 317 g/mol. The molecular weight excluding hydrogens is 298 g/mol. The minimum Gasteiger partial charge on any atom is -0.348 e. The van der Waals surface area contributed by atoms with Crippen LogP contribution in [0.2, 0.25) is 0 Å². The third-order valence-electron chi connectivity index (χ3n) is 3.67. The second kappa shape index (κ2) is 7.53. The lowest BCUT2D eigenvalue weighted by Crippen LogP contribution is -2.41. The Hall–Kier alpha value is -2.70. The van der Waals surface area contributed by atoms with Crippen LogP contribution >= 0.6 is 0 Å². The molecule has 1 aliphatic carbocycles. The molecule has 1 aliphatic rings. The van der Waals surface area contributed by atoms with Crippen molar-refractivity contribution in [1.82, 2.24) is 10.6 Å². The van der Waals surface area contributed by atoms with Gasteiger partial charge in [-0.15, -0.1) is 0 Å². The number of allylic oxidation sites excluding steroid dienone is 1. The van der Waals surface area contributed by atoms with Crippen LogP contribution in [-0.2, 0) is 4.79 Å². The predicted molar refractivity (Wildman–Crippen MR) is 85.1 cm³/mol. The van der Waals surface area contributed by atoms with Gasteiger partial charge in [0.25, 0.3) is 11.6 Å². The van der Waals surface area contributed by atoms with E-state index in [1.54, 1.807) is 6.92 Å². The summed E-state index contributed by atoms with van der Waals surface area (Å²) < 4.78 is 0. The number of nitro benzene ring substituents is 1. The van der Waals surface area contributed by atoms with E-state index >= 15 is 0 Å². The summed E-state index contributed by atoms with van der Waals surface area (Å²) in [6, 6.07) is 4.13. The number of hydrogen-bond donors (Lipinski definition) is 2. The Balaban J connectivity index is 1.88. The fourth-order valence-corrected chi connectivity index (χ4v) is 2.45. The van der Waals surface area contributed by atoms with Crippen molar-refractivity contribution in [2.45, 2.75) is 32.2 Å². The first-order valence-corrected chi connectivity index (χ1v) is 7.46. The molecule has 2 N–H and O–H groups in total. The van der Waals surface area contributed by atoms with Crippen molar-refractivity contribution in [1.29, 1.82) is 0 Å². The third-order valence-corrected chi connectivity index (χ3v) is 3.67. The summed E-state index contributed by atoms with van der Waals surface area (Å²) in [6.45, 7) is 1.44. The first kappa shape index (κ1) is 16.7. The molecule has 0 spiro atoms. The Morgan fingerprint density at radius 2 is 2.17 bits per heavy atom. The molecule has 0 bridgehead atoms. The topological polar surface area (TPSA) is 101 Å². The highest BCUT2D eigenvalue weighted by atomic mass is 16.6. The largest absolute Gasteiger partial charge is 0.348 e. The molecule has 1 aromatic rings. The van der Waals surface area contributed by atoms with Crippen molar-refractivity contribution >= 4 is 17.5 Å². The standard InChI is InChI=1S/C16H19N3O4/c1-11-9-12(7-8-14(11)19(22)23)16(21)17-10-15(20)18-13-5-3-2-4-6-13/h3,5,7-9,13H,2,4,6,10H2,1H3,(H,17,21)(H,18,20)/t13-/m0/s1. The lowest BCUT2D eigenvalue weighted by atomic mass is 10.0. The summed E-state index contributed by atoms with van der Waals surface area (Å²) >= 11 is 0. The Kier molecular flexibility index (Phi) is 5.46. The Labute approximate surface area is 133 Å². The molecule has 0 aliphatic heterocycles. The molecule has 1 atom stereocenters. The van der Waals surface area contributed by atoms with E-state index in [2.05, 4.69) is 10.6 Å². The third kappa shape index (κ3) is 4.64. The molecule has 2 amide bonds. The highest BCUT2D eigenvalue weighted by Crippen LogP contribution is 2.18. The van der Waals surface area contributed by atoms with Crippen LogP contribution in [-0.4, -0.2) is 29.3 Å². The summed E-state index contributed by atoms with van der Waals surface area (Å²) in [5, 5.41) is 16.1. The molecule has 0 radical (unpaired) electrons. The number of nitro groups is 1. The number of hydrogen-bond acceptors (Lipinski definition) is 4. The number of carbonyl (C=O) groups excluding carboxylic acids is 2. The molecule has 0 saturated heterocycles. The minimum absolute atomic E-state index is 0.0229. The van der Waals surface area contributed by atoms with Gasteiger partial charge in [0.05, 0.1) is 11.5 Å². The average molecular weight is 317 g/mol. The van der Waals surface area contributed by atoms with Gasteiger partial charge in [-0.25, -0.2) is 0 Å². The minimum atomic E-state index is -0.498. The van der Waals surface area contributed by atoms with Gasteiger partial charge in [-0.1, -0.05) is 12.2 Å². The van der Waals surface area contributed by atoms with E-state index < -0.39 is 10.8 Å². The summed E-state index contributed by atoms with van der Waals surface area (Å²) in [4.78, 5) is 34.1. The lowest BCUT2D eigenvalue weighted by Gasteiger charge is -2.18. The number of benzene rings is 1. The van der Waals surface area contributed by atoms with E-state index in [0.29, 0.717) is 11.1 Å². The van der Waals surface area contributed by atoms with Crippen molar-refractivity contribution in [3.63, 3.8) is 0 Å². The maximum Gasteiger partial charge on any atom is 0.272 e. The quantitative estimate of drug-likeness (QED) is 0.491. The van der Waals surface area contributed by atoms with E-state index in [4.69, 9.17) is 0 Å². The Morgan fingerprint density at radius 1 is 1.39 bits per heavy atom. The highest BCUT2D eigenvalue weighted by Gasteiger charge is 2.15. The van der Waals surface area contributed by atoms with Crippen LogP contribution in [0.15, 0.2) is 30.4 Å². The van der Waals surface area contributed by atoms with Gasteiger partial charge in [0, 0.05) is 23.2 Å². The Morgan fingerprint density at radius 3 is 2.78 bits per heavy atom. The molecule has 0 unspecified atom stereocenters. The number of nitrogens with one attached hydrogen (secondary N) is 2. The number of amides is 2.